The van der Waals surface area contributed by atoms with Crippen LogP contribution in [0.5, 0.6) is 0 Å². The molecule has 47 heavy (non-hydrogen) atoms. The minimum atomic E-state index is -1.44. The maximum Gasteiger partial charge on any atom is 1.00 e. The van der Waals surface area contributed by atoms with Gasteiger partial charge in [0.1, 0.15) is 12.1 Å². The fourth-order valence-electron chi connectivity index (χ4n) is 2.92. The van der Waals surface area contributed by atoms with E-state index in [4.69, 9.17) is 4.74 Å². The first-order valence-electron chi connectivity index (χ1n) is 13.2. The normalized spacial score (nSPS) is 8.64. The molecule has 0 heterocycles. The Morgan fingerprint density at radius 3 is 1.74 bits per heavy atom. The zero-order valence-electron chi connectivity index (χ0n) is 25.8. The summed E-state index contributed by atoms with van der Waals surface area (Å²) < 4.78 is 5.20. The Labute approximate surface area is 297 Å². The topological polar surface area (TPSA) is 125 Å². The van der Waals surface area contributed by atoms with E-state index in [0.29, 0.717) is 5.56 Å². The molecule has 1 rings (SSSR count). The second-order valence-electron chi connectivity index (χ2n) is 8.10. The van der Waals surface area contributed by atoms with Crippen molar-refractivity contribution in [2.24, 2.45) is 0 Å². The maximum absolute atomic E-state index is 13.1. The summed E-state index contributed by atoms with van der Waals surface area (Å²) in [5, 5.41) is 15.9. The summed E-state index contributed by atoms with van der Waals surface area (Å²) in [6, 6.07) is 6.18. The van der Waals surface area contributed by atoms with E-state index in [2.05, 4.69) is 129 Å². The third-order valence-corrected chi connectivity index (χ3v) is 4.82. The van der Waals surface area contributed by atoms with Gasteiger partial charge in [-0.15, -0.1) is 0 Å². The van der Waals surface area contributed by atoms with Crippen LogP contribution in [-0.2, 0) is 30.3 Å². The fourth-order valence-corrected chi connectivity index (χ4v) is 2.92. The van der Waals surface area contributed by atoms with Crippen molar-refractivity contribution < 1.29 is 58.6 Å². The zero-order chi connectivity index (χ0) is 33.7. The predicted molar refractivity (Wildman–Crippen MR) is 168 cm³/mol. The molecule has 0 fully saturated rings. The summed E-state index contributed by atoms with van der Waals surface area (Å²) in [7, 11) is 0. The molecule has 222 valence electrons. The third-order valence-electron chi connectivity index (χ3n) is 4.82. The number of ether oxygens (including phenoxy) is 1. The third kappa shape index (κ3) is 22.0. The van der Waals surface area contributed by atoms with Crippen LogP contribution in [0.15, 0.2) is 30.3 Å². The van der Waals surface area contributed by atoms with Crippen LogP contribution in [-0.4, -0.2) is 42.4 Å². The van der Waals surface area contributed by atoms with Gasteiger partial charge in [0, 0.05) is 18.3 Å². The van der Waals surface area contributed by atoms with Crippen molar-refractivity contribution in [1.29, 1.82) is 0 Å². The number of nitrogens with one attached hydrogen (secondary N) is 2. The van der Waals surface area contributed by atoms with E-state index < -0.39 is 42.3 Å². The second-order valence-corrected chi connectivity index (χ2v) is 8.10. The number of carboxylic acid groups (broad SMARTS) is 1. The Hall–Kier alpha value is -6.30. The van der Waals surface area contributed by atoms with Crippen LogP contribution >= 0.6 is 0 Å². The largest absolute Gasteiger partial charge is 1.00 e. The fraction of sp³-hybridized carbons (Fsp3) is 0.211. The number of carbonyl (C=O) groups excluding carboxylic acids is 4. The monoisotopic (exact) mass is 626 g/mol. The molecule has 2 amide bonds. The molecule has 1 aromatic carbocycles. The molecule has 1 aromatic rings. The van der Waals surface area contributed by atoms with Gasteiger partial charge in [-0.05, 0) is 133 Å². The van der Waals surface area contributed by atoms with Gasteiger partial charge in [-0.2, -0.15) is 0 Å². The van der Waals surface area contributed by atoms with Crippen molar-refractivity contribution in [2.75, 3.05) is 6.61 Å². The number of amides is 2. The minimum absolute atomic E-state index is 0. The molecule has 0 saturated heterocycles. The van der Waals surface area contributed by atoms with Gasteiger partial charge in [-0.1, -0.05) is 42.2 Å². The smallest absolute Gasteiger partial charge is 0.550 e. The zero-order valence-corrected chi connectivity index (χ0v) is 27.8. The summed E-state index contributed by atoms with van der Waals surface area (Å²) in [5.41, 5.74) is 0.695. The van der Waals surface area contributed by atoms with Gasteiger partial charge in [-0.3, -0.25) is 9.59 Å². The van der Waals surface area contributed by atoms with Crippen molar-refractivity contribution in [3.05, 3.63) is 35.9 Å². The van der Waals surface area contributed by atoms with Crippen molar-refractivity contribution in [2.45, 2.75) is 45.2 Å². The molecule has 0 radical (unpaired) electrons. The average Bonchev–Trinajstić information content (AvgIpc) is 3.04. The van der Waals surface area contributed by atoms with Gasteiger partial charge in [-0.25, -0.2) is 4.79 Å². The van der Waals surface area contributed by atoms with Gasteiger partial charge in [0.05, 0.1) is 0 Å². The number of rotatable bonds is 10. The van der Waals surface area contributed by atoms with Crippen LogP contribution < -0.4 is 45.3 Å². The van der Waals surface area contributed by atoms with E-state index in [9.17, 15) is 24.3 Å². The maximum atomic E-state index is 13.1. The van der Waals surface area contributed by atoms with Crippen LogP contribution in [0.1, 0.15) is 32.3 Å². The SMILES string of the molecule is CC#CC#CC#CC#CC#CCOC(=O)C(Cc1ccccc1)NC(=O)C(CCC(=O)[O-])NC(=O)C#CC#CC#CC#CC#CC.[Na+]. The molecular weight excluding hydrogens is 603 g/mol. The molecule has 9 heteroatoms. The van der Waals surface area contributed by atoms with Crippen LogP contribution in [0, 0.1) is 118 Å². The van der Waals surface area contributed by atoms with E-state index in [-0.39, 0.29) is 49.0 Å². The summed E-state index contributed by atoms with van der Waals surface area (Å²) >= 11 is 0. The van der Waals surface area contributed by atoms with Crippen molar-refractivity contribution in [1.82, 2.24) is 10.6 Å². The summed E-state index contributed by atoms with van der Waals surface area (Å²) in [6.07, 6.45) is -0.862. The van der Waals surface area contributed by atoms with Crippen LogP contribution in [0.25, 0.3) is 0 Å². The molecule has 0 bridgehead atoms. The second kappa shape index (κ2) is 27.3. The van der Waals surface area contributed by atoms with Gasteiger partial charge >= 0.3 is 35.5 Å². The predicted octanol–water partition coefficient (Wildman–Crippen LogP) is -3.65. The first-order valence-corrected chi connectivity index (χ1v) is 13.2. The van der Waals surface area contributed by atoms with Gasteiger partial charge in [0.2, 0.25) is 5.91 Å². The number of hydrogen-bond acceptors (Lipinski definition) is 6. The van der Waals surface area contributed by atoms with Crippen LogP contribution in [0.4, 0.5) is 0 Å². The van der Waals surface area contributed by atoms with E-state index in [1.807, 2.05) is 0 Å². The van der Waals surface area contributed by atoms with E-state index in [0.717, 1.165) is 0 Å². The quantitative estimate of drug-likeness (QED) is 0.157. The molecule has 0 aliphatic carbocycles. The van der Waals surface area contributed by atoms with E-state index >= 15 is 0 Å². The number of carboxylic acids is 1. The Morgan fingerprint density at radius 2 is 1.21 bits per heavy atom. The first-order chi connectivity index (χ1) is 22.4. The van der Waals surface area contributed by atoms with Crippen LogP contribution in [0.2, 0.25) is 0 Å². The standard InChI is InChI=1S/C38H24N2O6.Na/c1-3-5-7-9-11-13-15-17-19-24-30-46-38(45)34(31-32-25-21-20-22-26-32)40-37(44)33(28-29-36(42)43)39-35(41)27-23-18-16-14-12-10-8-6-4-2;/h20-22,25-26,33-34H,28-31H2,1-2H3,(H,39,41)(H,40,44)(H,42,43);/q;+1/p-1. The molecule has 2 atom stereocenters. The molecule has 0 saturated carbocycles. The van der Waals surface area contributed by atoms with E-state index in [1.54, 1.807) is 44.2 Å². The number of hydrogen-bond donors (Lipinski definition) is 2. The van der Waals surface area contributed by atoms with Crippen molar-refractivity contribution in [3.8, 4) is 118 Å². The summed E-state index contributed by atoms with van der Waals surface area (Å²) in [5.74, 6) is 45.0. The molecule has 0 spiro atoms. The number of benzene rings is 1. The van der Waals surface area contributed by atoms with E-state index in [1.165, 1.54) is 0 Å². The van der Waals surface area contributed by atoms with Gasteiger partial charge in [0.15, 0.2) is 6.61 Å². The molecule has 0 aliphatic rings. The summed E-state index contributed by atoms with van der Waals surface area (Å²) in [4.78, 5) is 49.5. The summed E-state index contributed by atoms with van der Waals surface area (Å²) in [6.45, 7) is 2.95. The van der Waals surface area contributed by atoms with Crippen molar-refractivity contribution >= 4 is 23.8 Å². The number of carbonyl (C=O) groups is 4. The van der Waals surface area contributed by atoms with Gasteiger partial charge in [0.25, 0.3) is 5.91 Å². The number of aliphatic carboxylic acids is 1. The molecule has 2 unspecified atom stereocenters. The Morgan fingerprint density at radius 1 is 0.702 bits per heavy atom. The van der Waals surface area contributed by atoms with Crippen LogP contribution in [0.3, 0.4) is 0 Å². The minimum Gasteiger partial charge on any atom is -0.550 e. The number of esters is 1. The molecule has 8 nitrogen and oxygen atoms in total. The Bertz CT molecular complexity index is 1950. The molecule has 0 aromatic heterocycles. The van der Waals surface area contributed by atoms with Crippen molar-refractivity contribution in [3.63, 3.8) is 0 Å². The molecule has 2 N–H and O–H groups in total. The first kappa shape index (κ1) is 40.7. The molecule has 0 aliphatic heterocycles. The average molecular weight is 627 g/mol. The van der Waals surface area contributed by atoms with Gasteiger partial charge < -0.3 is 25.3 Å². The molecular formula is C38H23N2NaO6. The Balaban J connectivity index is 0.0000212. The Kier molecular flexibility index (Phi) is 23.6.